The number of nitro groups is 1. The van der Waals surface area contributed by atoms with Gasteiger partial charge >= 0.3 is 0 Å². The number of rotatable bonds is 6. The molecule has 0 bridgehead atoms. The maximum atomic E-state index is 13.3. The van der Waals surface area contributed by atoms with E-state index >= 15 is 0 Å². The lowest BCUT2D eigenvalue weighted by molar-refractivity contribution is -0.384. The number of amides is 1. The summed E-state index contributed by atoms with van der Waals surface area (Å²) in [6.07, 6.45) is -0.966. The second-order valence-electron chi connectivity index (χ2n) is 8.24. The Morgan fingerprint density at radius 1 is 1.06 bits per heavy atom. The quantitative estimate of drug-likeness (QED) is 0.470. The average Bonchev–Trinajstić information content (AvgIpc) is 3.26. The summed E-state index contributed by atoms with van der Waals surface area (Å²) in [5.41, 5.74) is 0.773. The number of aliphatic hydroxyl groups excluding tert-OH is 1. The van der Waals surface area contributed by atoms with Crippen LogP contribution in [0.3, 0.4) is 0 Å². The molecule has 12 heteroatoms. The van der Waals surface area contributed by atoms with Crippen LogP contribution in [0.2, 0.25) is 0 Å². The molecule has 0 saturated carbocycles. The van der Waals surface area contributed by atoms with Crippen LogP contribution >= 0.6 is 0 Å². The molecular weight excluding hydrogens is 464 g/mol. The first-order chi connectivity index (χ1) is 16.2. The molecule has 2 aromatic rings. The molecule has 0 radical (unpaired) electrons. The molecule has 0 aliphatic carbocycles. The Labute approximate surface area is 197 Å². The van der Waals surface area contributed by atoms with E-state index in [9.17, 15) is 28.4 Å². The van der Waals surface area contributed by atoms with Crippen LogP contribution in [-0.2, 0) is 14.8 Å². The number of hydrogen-bond acceptors (Lipinski definition) is 8. The summed E-state index contributed by atoms with van der Waals surface area (Å²) in [5, 5.41) is 21.1. The lowest BCUT2D eigenvalue weighted by Crippen LogP contribution is -2.54. The van der Waals surface area contributed by atoms with Crippen LogP contribution in [0.5, 0.6) is 5.75 Å². The first-order valence-corrected chi connectivity index (χ1v) is 12.3. The minimum absolute atomic E-state index is 0.00371. The number of hydrogen-bond donors (Lipinski definition) is 1. The van der Waals surface area contributed by atoms with E-state index in [1.807, 2.05) is 24.3 Å². The van der Waals surface area contributed by atoms with Crippen LogP contribution in [0.15, 0.2) is 53.4 Å². The summed E-state index contributed by atoms with van der Waals surface area (Å²) in [7, 11) is -2.52. The zero-order valence-electron chi connectivity index (χ0n) is 18.6. The van der Waals surface area contributed by atoms with Gasteiger partial charge < -0.3 is 19.6 Å². The molecule has 182 valence electrons. The highest BCUT2D eigenvalue weighted by atomic mass is 32.2. The maximum Gasteiger partial charge on any atom is 0.269 e. The molecule has 2 fully saturated rings. The Kier molecular flexibility index (Phi) is 6.73. The molecule has 0 aromatic heterocycles. The van der Waals surface area contributed by atoms with E-state index in [1.165, 1.54) is 0 Å². The topological polar surface area (TPSA) is 134 Å². The molecule has 11 nitrogen and oxygen atoms in total. The highest BCUT2D eigenvalue weighted by Crippen LogP contribution is 2.29. The number of β-amino-alcohol motifs (C(OH)–C–C–N with tert-alkyl or cyclic N) is 1. The molecule has 34 heavy (non-hydrogen) atoms. The summed E-state index contributed by atoms with van der Waals surface area (Å²) in [5.74, 6) is 0.406. The number of piperazine rings is 1. The molecule has 2 aliphatic heterocycles. The summed E-state index contributed by atoms with van der Waals surface area (Å²) in [4.78, 5) is 27.2. The van der Waals surface area contributed by atoms with Crippen molar-refractivity contribution in [2.24, 2.45) is 0 Å². The van der Waals surface area contributed by atoms with E-state index in [0.717, 1.165) is 40.0 Å². The van der Waals surface area contributed by atoms with Gasteiger partial charge in [0.15, 0.2) is 0 Å². The Hall–Kier alpha value is -3.22. The number of nitrogens with zero attached hydrogens (tertiary/aromatic N) is 4. The smallest absolute Gasteiger partial charge is 0.269 e. The van der Waals surface area contributed by atoms with Crippen molar-refractivity contribution in [1.82, 2.24) is 9.21 Å². The number of anilines is 1. The Bertz CT molecular complexity index is 1150. The van der Waals surface area contributed by atoms with Gasteiger partial charge in [0.1, 0.15) is 11.8 Å². The Morgan fingerprint density at radius 2 is 1.68 bits per heavy atom. The predicted octanol–water partition coefficient (Wildman–Crippen LogP) is 1.08. The van der Waals surface area contributed by atoms with Gasteiger partial charge in [-0.2, -0.15) is 4.31 Å². The number of ether oxygens (including phenoxy) is 1. The van der Waals surface area contributed by atoms with Crippen LogP contribution in [-0.4, -0.2) is 85.5 Å². The fourth-order valence-electron chi connectivity index (χ4n) is 4.34. The fraction of sp³-hybridized carbons (Fsp3) is 0.409. The molecule has 4 rings (SSSR count). The predicted molar refractivity (Wildman–Crippen MR) is 123 cm³/mol. The zero-order chi connectivity index (χ0) is 24.5. The Balaban J connectivity index is 1.46. The summed E-state index contributed by atoms with van der Waals surface area (Å²) >= 11 is 0. The number of non-ortho nitro benzene ring substituents is 1. The fourth-order valence-corrected chi connectivity index (χ4v) is 5.97. The standard InChI is InChI=1S/C22H26N4O7S/c1-33-19-6-2-16(3-7-19)23-10-12-24(13-11-23)22(28)21-14-18(27)15-25(21)34(31,32)20-8-4-17(5-9-20)26(29)30/h2-9,18,21,27H,10-15H2,1H3/t18-,21-/m0/s1. The second kappa shape index (κ2) is 9.57. The molecule has 2 aromatic carbocycles. The van der Waals surface area contributed by atoms with Crippen LogP contribution in [0.1, 0.15) is 6.42 Å². The van der Waals surface area contributed by atoms with Gasteiger partial charge in [0.25, 0.3) is 5.69 Å². The van der Waals surface area contributed by atoms with Gasteiger partial charge in [0.2, 0.25) is 15.9 Å². The van der Waals surface area contributed by atoms with E-state index in [-0.39, 0.29) is 29.5 Å². The third kappa shape index (κ3) is 4.69. The SMILES string of the molecule is COc1ccc(N2CCN(C(=O)[C@@H]3C[C@H](O)CN3S(=O)(=O)c3ccc([N+](=O)[O-])cc3)CC2)cc1. The van der Waals surface area contributed by atoms with Crippen molar-refractivity contribution in [3.05, 3.63) is 58.6 Å². The van der Waals surface area contributed by atoms with Crippen molar-refractivity contribution in [1.29, 1.82) is 0 Å². The molecule has 2 saturated heterocycles. The minimum Gasteiger partial charge on any atom is -0.497 e. The number of nitro benzene ring substituents is 1. The van der Waals surface area contributed by atoms with E-state index in [2.05, 4.69) is 4.90 Å². The number of carbonyl (C=O) groups is 1. The van der Waals surface area contributed by atoms with Crippen molar-refractivity contribution in [2.45, 2.75) is 23.5 Å². The van der Waals surface area contributed by atoms with Gasteiger partial charge in [0, 0.05) is 57.0 Å². The first kappa shape index (κ1) is 23.9. The maximum absolute atomic E-state index is 13.3. The molecule has 2 heterocycles. The molecule has 2 atom stereocenters. The molecule has 1 N–H and O–H groups in total. The number of sulfonamides is 1. The van der Waals surface area contributed by atoms with E-state index in [0.29, 0.717) is 26.2 Å². The van der Waals surface area contributed by atoms with Crippen molar-refractivity contribution in [3.8, 4) is 5.75 Å². The summed E-state index contributed by atoms with van der Waals surface area (Å²) in [6.45, 7) is 1.80. The minimum atomic E-state index is -4.13. The van der Waals surface area contributed by atoms with Gasteiger partial charge in [-0.25, -0.2) is 8.42 Å². The van der Waals surface area contributed by atoms with E-state index in [4.69, 9.17) is 4.74 Å². The molecule has 0 spiro atoms. The van der Waals surface area contributed by atoms with Gasteiger partial charge in [-0.15, -0.1) is 0 Å². The normalized spacial score (nSPS) is 21.5. The van der Waals surface area contributed by atoms with Crippen molar-refractivity contribution in [2.75, 3.05) is 44.7 Å². The van der Waals surface area contributed by atoms with Gasteiger partial charge in [-0.1, -0.05) is 0 Å². The summed E-state index contributed by atoms with van der Waals surface area (Å²) < 4.78 is 32.6. The molecular formula is C22H26N4O7S. The highest BCUT2D eigenvalue weighted by molar-refractivity contribution is 7.89. The third-order valence-electron chi connectivity index (χ3n) is 6.20. The average molecular weight is 491 g/mol. The molecule has 2 aliphatic rings. The van der Waals surface area contributed by atoms with Crippen molar-refractivity contribution in [3.63, 3.8) is 0 Å². The number of carbonyl (C=O) groups excluding carboxylic acids is 1. The van der Waals surface area contributed by atoms with Crippen LogP contribution in [0, 0.1) is 10.1 Å². The molecule has 0 unspecified atom stereocenters. The number of benzene rings is 2. The third-order valence-corrected chi connectivity index (χ3v) is 8.09. The largest absolute Gasteiger partial charge is 0.497 e. The van der Waals surface area contributed by atoms with Gasteiger partial charge in [-0.3, -0.25) is 14.9 Å². The van der Waals surface area contributed by atoms with Crippen LogP contribution in [0.4, 0.5) is 11.4 Å². The zero-order valence-corrected chi connectivity index (χ0v) is 19.4. The van der Waals surface area contributed by atoms with Crippen molar-refractivity contribution >= 4 is 27.3 Å². The van der Waals surface area contributed by atoms with Crippen LogP contribution in [0.25, 0.3) is 0 Å². The molecule has 1 amide bonds. The second-order valence-corrected chi connectivity index (χ2v) is 10.1. The van der Waals surface area contributed by atoms with Crippen molar-refractivity contribution < 1.29 is 28.0 Å². The Morgan fingerprint density at radius 3 is 2.24 bits per heavy atom. The number of aliphatic hydroxyl groups is 1. The highest BCUT2D eigenvalue weighted by Gasteiger charge is 2.45. The monoisotopic (exact) mass is 490 g/mol. The summed E-state index contributed by atoms with van der Waals surface area (Å²) in [6, 6.07) is 11.1. The van der Waals surface area contributed by atoms with Crippen LogP contribution < -0.4 is 9.64 Å². The van der Waals surface area contributed by atoms with Gasteiger partial charge in [0.05, 0.1) is 23.0 Å². The number of methoxy groups -OCH3 is 1. The lowest BCUT2D eigenvalue weighted by Gasteiger charge is -2.38. The van der Waals surface area contributed by atoms with Gasteiger partial charge in [-0.05, 0) is 36.4 Å². The van der Waals surface area contributed by atoms with E-state index in [1.54, 1.807) is 12.0 Å². The lowest BCUT2D eigenvalue weighted by atomic mass is 10.1. The first-order valence-electron chi connectivity index (χ1n) is 10.8. The van der Waals surface area contributed by atoms with E-state index < -0.39 is 27.1 Å².